The number of rotatable bonds is 2. The lowest BCUT2D eigenvalue weighted by Crippen LogP contribution is -2.15. The summed E-state index contributed by atoms with van der Waals surface area (Å²) in [5.74, 6) is -0.204. The highest BCUT2D eigenvalue weighted by Crippen LogP contribution is 2.19. The van der Waals surface area contributed by atoms with Gasteiger partial charge in [-0.2, -0.15) is 0 Å². The highest BCUT2D eigenvalue weighted by molar-refractivity contribution is 6.34. The molecule has 0 spiro atoms. The minimum atomic E-state index is -0.436. The Kier molecular flexibility index (Phi) is 3.69. The van der Waals surface area contributed by atoms with Gasteiger partial charge in [-0.1, -0.05) is 29.3 Å². The van der Waals surface area contributed by atoms with Crippen molar-refractivity contribution in [3.05, 3.63) is 52.1 Å². The molecule has 0 aliphatic rings. The van der Waals surface area contributed by atoms with Crippen molar-refractivity contribution in [2.75, 3.05) is 11.1 Å². The number of nitrogens with zero attached hydrogens (tertiary/aromatic N) is 1. The fourth-order valence-electron chi connectivity index (χ4n) is 1.37. The molecule has 92 valence electrons. The minimum absolute atomic E-state index is 0.0802. The van der Waals surface area contributed by atoms with Crippen LogP contribution in [0.1, 0.15) is 10.5 Å². The maximum Gasteiger partial charge on any atom is 0.275 e. The van der Waals surface area contributed by atoms with Gasteiger partial charge in [-0.25, -0.2) is 4.98 Å². The van der Waals surface area contributed by atoms with Crippen molar-refractivity contribution in [2.45, 2.75) is 0 Å². The second-order valence-electron chi connectivity index (χ2n) is 3.53. The molecule has 1 heterocycles. The highest BCUT2D eigenvalue weighted by Gasteiger charge is 2.12. The number of nitrogens with one attached hydrogen (secondary N) is 1. The molecule has 0 aliphatic heterocycles. The summed E-state index contributed by atoms with van der Waals surface area (Å²) in [4.78, 5) is 15.8. The van der Waals surface area contributed by atoms with E-state index in [0.717, 1.165) is 0 Å². The smallest absolute Gasteiger partial charge is 0.275 e. The predicted octanol–water partition coefficient (Wildman–Crippen LogP) is 3.22. The van der Waals surface area contributed by atoms with E-state index in [1.807, 2.05) is 0 Å². The first-order valence-corrected chi connectivity index (χ1v) is 5.81. The Morgan fingerprint density at radius 2 is 2.00 bits per heavy atom. The number of amides is 1. The van der Waals surface area contributed by atoms with Gasteiger partial charge in [-0.3, -0.25) is 4.79 Å². The second kappa shape index (κ2) is 5.25. The summed E-state index contributed by atoms with van der Waals surface area (Å²) in [6, 6.07) is 9.83. The van der Waals surface area contributed by atoms with Crippen LogP contribution < -0.4 is 11.1 Å². The number of pyridine rings is 1. The van der Waals surface area contributed by atoms with Crippen LogP contribution >= 0.6 is 23.2 Å². The van der Waals surface area contributed by atoms with Gasteiger partial charge in [0.2, 0.25) is 0 Å². The van der Waals surface area contributed by atoms with Gasteiger partial charge in [0.05, 0.1) is 5.02 Å². The molecule has 0 saturated heterocycles. The number of anilines is 2. The summed E-state index contributed by atoms with van der Waals surface area (Å²) in [5.41, 5.74) is 6.15. The van der Waals surface area contributed by atoms with Crippen LogP contribution in [0.25, 0.3) is 0 Å². The van der Waals surface area contributed by atoms with E-state index in [9.17, 15) is 4.79 Å². The van der Waals surface area contributed by atoms with Crippen LogP contribution in [0, 0.1) is 0 Å². The monoisotopic (exact) mass is 281 g/mol. The topological polar surface area (TPSA) is 68.0 Å². The molecule has 1 aromatic carbocycles. The quantitative estimate of drug-likeness (QED) is 0.888. The van der Waals surface area contributed by atoms with E-state index in [-0.39, 0.29) is 16.5 Å². The lowest BCUT2D eigenvalue weighted by molar-refractivity contribution is 0.102. The first-order valence-electron chi connectivity index (χ1n) is 5.05. The van der Waals surface area contributed by atoms with Crippen molar-refractivity contribution in [3.63, 3.8) is 0 Å². The number of carbonyl (C=O) groups excluding carboxylic acids is 1. The molecule has 6 heteroatoms. The molecule has 0 aliphatic carbocycles. The van der Waals surface area contributed by atoms with Crippen molar-refractivity contribution in [1.29, 1.82) is 0 Å². The molecule has 0 bridgehead atoms. The van der Waals surface area contributed by atoms with Gasteiger partial charge in [-0.05, 0) is 30.3 Å². The number of halogens is 2. The first kappa shape index (κ1) is 12.7. The summed E-state index contributed by atoms with van der Waals surface area (Å²) >= 11 is 11.7. The Balaban J connectivity index is 2.24. The number of carbonyl (C=O) groups is 1. The zero-order chi connectivity index (χ0) is 13.1. The summed E-state index contributed by atoms with van der Waals surface area (Å²) in [6.07, 6.45) is 0. The number of benzene rings is 1. The van der Waals surface area contributed by atoms with Gasteiger partial charge < -0.3 is 11.1 Å². The van der Waals surface area contributed by atoms with Gasteiger partial charge in [0.25, 0.3) is 5.91 Å². The molecule has 0 fully saturated rings. The molecular weight excluding hydrogens is 273 g/mol. The summed E-state index contributed by atoms with van der Waals surface area (Å²) in [7, 11) is 0. The second-order valence-corrected chi connectivity index (χ2v) is 4.37. The van der Waals surface area contributed by atoms with Gasteiger partial charge in [0.15, 0.2) is 0 Å². The SMILES string of the molecule is Nc1ccc(Cl)c(C(=O)Nc2cccc(Cl)c2)n1. The van der Waals surface area contributed by atoms with Crippen LogP contribution in [0.4, 0.5) is 11.5 Å². The molecule has 2 rings (SSSR count). The number of nitrogens with two attached hydrogens (primary N) is 1. The number of hydrogen-bond donors (Lipinski definition) is 2. The zero-order valence-corrected chi connectivity index (χ0v) is 10.7. The molecule has 3 N–H and O–H groups in total. The van der Waals surface area contributed by atoms with Crippen molar-refractivity contribution in [1.82, 2.24) is 4.98 Å². The van der Waals surface area contributed by atoms with Crippen LogP contribution in [0.15, 0.2) is 36.4 Å². The summed E-state index contributed by atoms with van der Waals surface area (Å²) in [6.45, 7) is 0. The average Bonchev–Trinajstić information content (AvgIpc) is 2.32. The van der Waals surface area contributed by atoms with Gasteiger partial charge in [0, 0.05) is 10.7 Å². The lowest BCUT2D eigenvalue weighted by atomic mass is 10.3. The standard InChI is InChI=1S/C12H9Cl2N3O/c13-7-2-1-3-8(6-7)16-12(18)11-9(14)4-5-10(15)17-11/h1-6H,(H2,15,17)(H,16,18). The molecular formula is C12H9Cl2N3O. The van der Waals surface area contributed by atoms with E-state index in [4.69, 9.17) is 28.9 Å². The molecule has 1 amide bonds. The lowest BCUT2D eigenvalue weighted by Gasteiger charge is -2.06. The maximum atomic E-state index is 11.9. The molecule has 0 unspecified atom stereocenters. The van der Waals surface area contributed by atoms with Crippen LogP contribution in [-0.4, -0.2) is 10.9 Å². The summed E-state index contributed by atoms with van der Waals surface area (Å²) in [5, 5.41) is 3.41. The normalized spacial score (nSPS) is 10.1. The molecule has 0 saturated carbocycles. The van der Waals surface area contributed by atoms with Crippen LogP contribution in [0.3, 0.4) is 0 Å². The Labute approximate surface area is 114 Å². The van der Waals surface area contributed by atoms with Gasteiger partial charge in [0.1, 0.15) is 11.5 Å². The molecule has 0 atom stereocenters. The van der Waals surface area contributed by atoms with E-state index in [1.165, 1.54) is 12.1 Å². The first-order chi connectivity index (χ1) is 8.56. The third-order valence-corrected chi connectivity index (χ3v) is 2.71. The number of nitrogen functional groups attached to an aromatic ring is 1. The minimum Gasteiger partial charge on any atom is -0.384 e. The van der Waals surface area contributed by atoms with E-state index >= 15 is 0 Å². The van der Waals surface area contributed by atoms with Crippen LogP contribution in [0.5, 0.6) is 0 Å². The highest BCUT2D eigenvalue weighted by atomic mass is 35.5. The molecule has 0 radical (unpaired) electrons. The van der Waals surface area contributed by atoms with E-state index < -0.39 is 5.91 Å². The zero-order valence-electron chi connectivity index (χ0n) is 9.15. The van der Waals surface area contributed by atoms with Crippen molar-refractivity contribution >= 4 is 40.6 Å². The average molecular weight is 282 g/mol. The Hall–Kier alpha value is -1.78. The third-order valence-electron chi connectivity index (χ3n) is 2.17. The Bertz CT molecular complexity index is 602. The number of hydrogen-bond acceptors (Lipinski definition) is 3. The Morgan fingerprint density at radius 1 is 1.22 bits per heavy atom. The largest absolute Gasteiger partial charge is 0.384 e. The fourth-order valence-corrected chi connectivity index (χ4v) is 1.75. The van der Waals surface area contributed by atoms with E-state index in [2.05, 4.69) is 10.3 Å². The number of aromatic nitrogens is 1. The van der Waals surface area contributed by atoms with E-state index in [1.54, 1.807) is 24.3 Å². The van der Waals surface area contributed by atoms with Crippen molar-refractivity contribution < 1.29 is 4.79 Å². The molecule has 2 aromatic rings. The van der Waals surface area contributed by atoms with Gasteiger partial charge >= 0.3 is 0 Å². The predicted molar refractivity (Wildman–Crippen MR) is 73.1 cm³/mol. The van der Waals surface area contributed by atoms with E-state index in [0.29, 0.717) is 10.7 Å². The Morgan fingerprint density at radius 3 is 2.72 bits per heavy atom. The van der Waals surface area contributed by atoms with Crippen LogP contribution in [0.2, 0.25) is 10.0 Å². The van der Waals surface area contributed by atoms with Crippen molar-refractivity contribution in [3.8, 4) is 0 Å². The molecule has 18 heavy (non-hydrogen) atoms. The van der Waals surface area contributed by atoms with Gasteiger partial charge in [-0.15, -0.1) is 0 Å². The maximum absolute atomic E-state index is 11.9. The van der Waals surface area contributed by atoms with Crippen molar-refractivity contribution in [2.24, 2.45) is 0 Å². The summed E-state index contributed by atoms with van der Waals surface area (Å²) < 4.78 is 0. The third kappa shape index (κ3) is 2.91. The van der Waals surface area contributed by atoms with Crippen LogP contribution in [-0.2, 0) is 0 Å². The molecule has 1 aromatic heterocycles. The fraction of sp³-hybridized carbons (Fsp3) is 0. The molecule has 4 nitrogen and oxygen atoms in total.